The Morgan fingerprint density at radius 2 is 1.71 bits per heavy atom. The van der Waals surface area contributed by atoms with Gasteiger partial charge in [-0.2, -0.15) is 0 Å². The van der Waals surface area contributed by atoms with E-state index in [2.05, 4.69) is 44.7 Å². The molecule has 0 aliphatic carbocycles. The summed E-state index contributed by atoms with van der Waals surface area (Å²) in [4.78, 5) is 0. The maximum atomic E-state index is 3.75. The van der Waals surface area contributed by atoms with Crippen molar-refractivity contribution in [2.75, 3.05) is 0 Å². The van der Waals surface area contributed by atoms with E-state index in [0.717, 1.165) is 5.92 Å². The van der Waals surface area contributed by atoms with Crippen LogP contribution in [0.4, 0.5) is 0 Å². The van der Waals surface area contributed by atoms with Gasteiger partial charge in [-0.1, -0.05) is 63.6 Å². The van der Waals surface area contributed by atoms with E-state index in [0.29, 0.717) is 0 Å². The normalized spacial score (nSPS) is 10.5. The van der Waals surface area contributed by atoms with Crippen molar-refractivity contribution >= 4 is 6.08 Å². The van der Waals surface area contributed by atoms with Crippen LogP contribution in [-0.4, -0.2) is 0 Å². The summed E-state index contributed by atoms with van der Waals surface area (Å²) in [6, 6.07) is 8.72. The monoisotopic (exact) mass is 188 g/mol. The lowest BCUT2D eigenvalue weighted by molar-refractivity contribution is 0.490. The van der Waals surface area contributed by atoms with Gasteiger partial charge in [0.2, 0.25) is 0 Å². The van der Waals surface area contributed by atoms with Crippen molar-refractivity contribution in [2.24, 2.45) is 5.92 Å². The second-order valence-corrected chi connectivity index (χ2v) is 3.83. The molecular formula is C14H20. The van der Waals surface area contributed by atoms with Crippen molar-refractivity contribution in [3.8, 4) is 0 Å². The molecule has 0 saturated carbocycles. The zero-order chi connectivity index (χ0) is 10.4. The molecule has 0 heteroatoms. The Bertz CT molecular complexity index is 265. The zero-order valence-corrected chi connectivity index (χ0v) is 9.29. The highest BCUT2D eigenvalue weighted by molar-refractivity contribution is 5.47. The second kappa shape index (κ2) is 5.64. The molecule has 0 spiro atoms. The third kappa shape index (κ3) is 3.02. The predicted molar refractivity (Wildman–Crippen MR) is 64.3 cm³/mol. The molecule has 0 aromatic heterocycles. The first kappa shape index (κ1) is 11.0. The van der Waals surface area contributed by atoms with Crippen LogP contribution in [0.15, 0.2) is 30.8 Å². The molecule has 0 radical (unpaired) electrons. The molecule has 0 aliphatic heterocycles. The van der Waals surface area contributed by atoms with Crippen LogP contribution >= 0.6 is 0 Å². The van der Waals surface area contributed by atoms with Gasteiger partial charge >= 0.3 is 0 Å². The summed E-state index contributed by atoms with van der Waals surface area (Å²) in [6.07, 6.45) is 5.66. The fraction of sp³-hybridized carbons (Fsp3) is 0.429. The molecule has 0 atom stereocenters. The van der Waals surface area contributed by atoms with E-state index >= 15 is 0 Å². The largest absolute Gasteiger partial charge is 0.0985 e. The minimum absolute atomic E-state index is 0.838. The molecule has 0 fully saturated rings. The molecule has 0 unspecified atom stereocenters. The first-order valence-corrected chi connectivity index (χ1v) is 5.51. The molecule has 76 valence electrons. The van der Waals surface area contributed by atoms with E-state index in [1.54, 1.807) is 0 Å². The summed E-state index contributed by atoms with van der Waals surface area (Å²) in [6.45, 7) is 8.29. The van der Waals surface area contributed by atoms with E-state index in [4.69, 9.17) is 0 Å². The molecule has 1 rings (SSSR count). The van der Waals surface area contributed by atoms with Gasteiger partial charge in [-0.3, -0.25) is 0 Å². The number of rotatable bonds is 5. The van der Waals surface area contributed by atoms with E-state index in [1.807, 2.05) is 6.08 Å². The van der Waals surface area contributed by atoms with Gasteiger partial charge in [0.05, 0.1) is 0 Å². The van der Waals surface area contributed by atoms with Crippen molar-refractivity contribution in [2.45, 2.75) is 33.1 Å². The highest BCUT2D eigenvalue weighted by Crippen LogP contribution is 2.16. The number of hydrogen-bond donors (Lipinski definition) is 0. The number of hydrogen-bond acceptors (Lipinski definition) is 0. The summed E-state index contributed by atoms with van der Waals surface area (Å²) in [7, 11) is 0. The van der Waals surface area contributed by atoms with E-state index in [-0.39, 0.29) is 0 Å². The van der Waals surface area contributed by atoms with Gasteiger partial charge in [0.15, 0.2) is 0 Å². The van der Waals surface area contributed by atoms with E-state index in [1.165, 1.54) is 30.4 Å². The SMILES string of the molecule is C=Cc1ccc(CC(CC)CC)cc1. The molecule has 0 aliphatic rings. The molecular weight excluding hydrogens is 168 g/mol. The van der Waals surface area contributed by atoms with Crippen LogP contribution in [0.2, 0.25) is 0 Å². The van der Waals surface area contributed by atoms with E-state index in [9.17, 15) is 0 Å². The van der Waals surface area contributed by atoms with Crippen LogP contribution < -0.4 is 0 Å². The van der Waals surface area contributed by atoms with Gasteiger partial charge in [0.25, 0.3) is 0 Å². The molecule has 0 amide bonds. The Kier molecular flexibility index (Phi) is 4.45. The quantitative estimate of drug-likeness (QED) is 0.646. The minimum Gasteiger partial charge on any atom is -0.0985 e. The zero-order valence-electron chi connectivity index (χ0n) is 9.29. The fourth-order valence-electron chi connectivity index (χ4n) is 1.70. The smallest absolute Gasteiger partial charge is 0.0251 e. The van der Waals surface area contributed by atoms with Crippen molar-refractivity contribution in [3.05, 3.63) is 42.0 Å². The average Bonchev–Trinajstić information content (AvgIpc) is 2.26. The second-order valence-electron chi connectivity index (χ2n) is 3.83. The van der Waals surface area contributed by atoms with Gasteiger partial charge in [-0.15, -0.1) is 0 Å². The van der Waals surface area contributed by atoms with Crippen LogP contribution in [0.1, 0.15) is 37.8 Å². The fourth-order valence-corrected chi connectivity index (χ4v) is 1.70. The molecule has 0 bridgehead atoms. The Morgan fingerprint density at radius 3 is 2.14 bits per heavy atom. The van der Waals surface area contributed by atoms with Crippen molar-refractivity contribution in [3.63, 3.8) is 0 Å². The molecule has 0 heterocycles. The first-order chi connectivity index (χ1) is 6.80. The van der Waals surface area contributed by atoms with Crippen LogP contribution in [0, 0.1) is 5.92 Å². The Hall–Kier alpha value is -1.04. The van der Waals surface area contributed by atoms with E-state index < -0.39 is 0 Å². The molecule has 0 N–H and O–H groups in total. The van der Waals surface area contributed by atoms with Gasteiger partial charge in [-0.05, 0) is 23.5 Å². The van der Waals surface area contributed by atoms with Crippen LogP contribution in [0.25, 0.3) is 6.08 Å². The lowest BCUT2D eigenvalue weighted by Gasteiger charge is -2.11. The third-order valence-electron chi connectivity index (χ3n) is 2.89. The maximum Gasteiger partial charge on any atom is -0.0251 e. The summed E-state index contributed by atoms with van der Waals surface area (Å²) in [5.74, 6) is 0.838. The summed E-state index contributed by atoms with van der Waals surface area (Å²) in [5.41, 5.74) is 2.66. The molecule has 0 saturated heterocycles. The highest BCUT2D eigenvalue weighted by Gasteiger charge is 2.03. The van der Waals surface area contributed by atoms with Gasteiger partial charge in [0.1, 0.15) is 0 Å². The van der Waals surface area contributed by atoms with Crippen LogP contribution in [0.5, 0.6) is 0 Å². The molecule has 14 heavy (non-hydrogen) atoms. The summed E-state index contributed by atoms with van der Waals surface area (Å²) in [5, 5.41) is 0. The Labute approximate surface area is 87.7 Å². The molecule has 0 nitrogen and oxygen atoms in total. The maximum absolute atomic E-state index is 3.75. The first-order valence-electron chi connectivity index (χ1n) is 5.51. The molecule has 1 aromatic carbocycles. The Balaban J connectivity index is 2.63. The van der Waals surface area contributed by atoms with Gasteiger partial charge in [-0.25, -0.2) is 0 Å². The van der Waals surface area contributed by atoms with Crippen molar-refractivity contribution < 1.29 is 0 Å². The third-order valence-corrected chi connectivity index (χ3v) is 2.89. The minimum atomic E-state index is 0.838. The lowest BCUT2D eigenvalue weighted by atomic mass is 9.94. The molecule has 1 aromatic rings. The van der Waals surface area contributed by atoms with Crippen molar-refractivity contribution in [1.29, 1.82) is 0 Å². The lowest BCUT2D eigenvalue weighted by Crippen LogP contribution is -2.01. The van der Waals surface area contributed by atoms with Gasteiger partial charge in [0, 0.05) is 0 Å². The van der Waals surface area contributed by atoms with Crippen LogP contribution in [-0.2, 0) is 6.42 Å². The predicted octanol–water partition coefficient (Wildman–Crippen LogP) is 4.31. The number of benzene rings is 1. The average molecular weight is 188 g/mol. The Morgan fingerprint density at radius 1 is 1.14 bits per heavy atom. The highest BCUT2D eigenvalue weighted by atomic mass is 14.1. The van der Waals surface area contributed by atoms with Crippen molar-refractivity contribution in [1.82, 2.24) is 0 Å². The van der Waals surface area contributed by atoms with Crippen LogP contribution in [0.3, 0.4) is 0 Å². The van der Waals surface area contributed by atoms with Gasteiger partial charge < -0.3 is 0 Å². The standard InChI is InChI=1S/C14H20/c1-4-12(5-2)11-14-9-7-13(6-3)8-10-14/h6-10,12H,3-5,11H2,1-2H3. The summed E-state index contributed by atoms with van der Waals surface area (Å²) < 4.78 is 0. The summed E-state index contributed by atoms with van der Waals surface area (Å²) >= 11 is 0. The topological polar surface area (TPSA) is 0 Å².